The van der Waals surface area contributed by atoms with E-state index >= 15 is 0 Å². The molecule has 0 aliphatic heterocycles. The van der Waals surface area contributed by atoms with Gasteiger partial charge in [0.15, 0.2) is 0 Å². The second kappa shape index (κ2) is 14.5. The molecule has 0 unspecified atom stereocenters. The van der Waals surface area contributed by atoms with E-state index in [4.69, 9.17) is 9.47 Å². The molecule has 0 saturated heterocycles. The number of para-hydroxylation sites is 1. The molecule has 0 fully saturated rings. The first kappa shape index (κ1) is 25.7. The molecule has 0 atom stereocenters. The Morgan fingerprint density at radius 1 is 0.690 bits per heavy atom. The number of benzene rings is 2. The van der Waals surface area contributed by atoms with Crippen LogP contribution in [-0.2, 0) is 6.42 Å². The number of ether oxygens (including phenoxy) is 2. The zero-order chi connectivity index (χ0) is 21.1. The molecular weight excluding hydrogens is 696 g/mol. The van der Waals surface area contributed by atoms with E-state index in [1.54, 1.807) is 0 Å². The maximum Gasteiger partial charge on any atom is 0.134 e. The van der Waals surface area contributed by atoms with E-state index in [0.29, 0.717) is 17.0 Å². The topological polar surface area (TPSA) is 18.5 Å². The molecule has 0 N–H and O–H groups in total. The van der Waals surface area contributed by atoms with Gasteiger partial charge in [0, 0.05) is 8.95 Å². The largest absolute Gasteiger partial charge is 0.490 e. The van der Waals surface area contributed by atoms with Crippen molar-refractivity contribution < 1.29 is 9.47 Å². The lowest BCUT2D eigenvalue weighted by Gasteiger charge is -2.13. The van der Waals surface area contributed by atoms with E-state index < -0.39 is 0 Å². The summed E-state index contributed by atoms with van der Waals surface area (Å²) in [5, 5.41) is 0. The molecule has 0 aliphatic rings. The van der Waals surface area contributed by atoms with Crippen molar-refractivity contribution in [3.8, 4) is 11.5 Å². The highest BCUT2D eigenvalue weighted by molar-refractivity contribution is 9.24. The van der Waals surface area contributed by atoms with Crippen LogP contribution in [0.5, 0.6) is 11.5 Å². The Bertz CT molecular complexity index is 752. The first-order valence-corrected chi connectivity index (χ1v) is 13.9. The Morgan fingerprint density at radius 3 is 2.10 bits per heavy atom. The normalized spacial score (nSPS) is 11.1. The summed E-state index contributed by atoms with van der Waals surface area (Å²) in [5.74, 6) is 1.76. The van der Waals surface area contributed by atoms with Gasteiger partial charge in [-0.15, -0.1) is 0 Å². The minimum Gasteiger partial charge on any atom is -0.490 e. The molecule has 0 saturated carbocycles. The zero-order valence-corrected chi connectivity index (χ0v) is 24.0. The Morgan fingerprint density at radius 2 is 1.34 bits per heavy atom. The molecule has 2 nitrogen and oxygen atoms in total. The maximum atomic E-state index is 6.00. The molecule has 0 aromatic heterocycles. The molecule has 160 valence electrons. The molecule has 2 aromatic rings. The number of halogens is 5. The zero-order valence-electron chi connectivity index (χ0n) is 16.1. The molecule has 0 amide bonds. The number of rotatable bonds is 13. The second-order valence-corrected chi connectivity index (χ2v) is 12.6. The van der Waals surface area contributed by atoms with E-state index in [0.717, 1.165) is 31.3 Å². The van der Waals surface area contributed by atoms with Crippen molar-refractivity contribution >= 4 is 79.6 Å². The van der Waals surface area contributed by atoms with Gasteiger partial charge in [-0.2, -0.15) is 0 Å². The Hall–Kier alpha value is 0.440. The standard InChI is InChI=1S/C22H25Br5O2/c23-17-12-13-19(22(27)21(17)26)29-15-14-28-18-10-7-6-9-16(18)8-4-2-1-3-5-11-20(24)25/h6-7,9-10,12-13,20H,1-5,8,11,14-15H2. The van der Waals surface area contributed by atoms with Crippen molar-refractivity contribution in [2.45, 2.75) is 48.7 Å². The van der Waals surface area contributed by atoms with Crippen LogP contribution in [0.4, 0.5) is 0 Å². The van der Waals surface area contributed by atoms with Crippen LogP contribution in [-0.4, -0.2) is 17.0 Å². The SMILES string of the molecule is Brc1ccc(OCCOc2ccccc2CCCCCCCC(Br)Br)c(Br)c1Br. The highest BCUT2D eigenvalue weighted by Crippen LogP contribution is 2.37. The monoisotopic (exact) mass is 716 g/mol. The summed E-state index contributed by atoms with van der Waals surface area (Å²) in [6.07, 6.45) is 8.56. The quantitative estimate of drug-likeness (QED) is 0.117. The van der Waals surface area contributed by atoms with E-state index in [1.165, 1.54) is 44.1 Å². The fourth-order valence-electron chi connectivity index (χ4n) is 2.92. The summed E-state index contributed by atoms with van der Waals surface area (Å²) in [4.78, 5) is 0. The lowest BCUT2D eigenvalue weighted by atomic mass is 10.0. The minimum absolute atomic E-state index is 0.453. The van der Waals surface area contributed by atoms with Crippen LogP contribution >= 0.6 is 79.6 Å². The average Bonchev–Trinajstić information content (AvgIpc) is 2.71. The lowest BCUT2D eigenvalue weighted by Crippen LogP contribution is -2.10. The van der Waals surface area contributed by atoms with Crippen molar-refractivity contribution in [3.05, 3.63) is 55.4 Å². The molecular formula is C22H25Br5O2. The molecule has 7 heteroatoms. The molecule has 0 aliphatic carbocycles. The van der Waals surface area contributed by atoms with Gasteiger partial charge in [-0.3, -0.25) is 0 Å². The molecule has 29 heavy (non-hydrogen) atoms. The van der Waals surface area contributed by atoms with Crippen molar-refractivity contribution in [2.75, 3.05) is 13.2 Å². The number of unbranched alkanes of at least 4 members (excludes halogenated alkanes) is 4. The van der Waals surface area contributed by atoms with Crippen LogP contribution in [0.25, 0.3) is 0 Å². The van der Waals surface area contributed by atoms with Crippen LogP contribution in [0.1, 0.15) is 44.1 Å². The predicted molar refractivity (Wildman–Crippen MR) is 140 cm³/mol. The van der Waals surface area contributed by atoms with E-state index in [1.807, 2.05) is 24.3 Å². The van der Waals surface area contributed by atoms with E-state index in [2.05, 4.69) is 91.8 Å². The van der Waals surface area contributed by atoms with Crippen LogP contribution in [0.3, 0.4) is 0 Å². The van der Waals surface area contributed by atoms with Crippen molar-refractivity contribution in [2.24, 2.45) is 0 Å². The van der Waals surface area contributed by atoms with E-state index in [-0.39, 0.29) is 0 Å². The van der Waals surface area contributed by atoms with Gasteiger partial charge in [-0.1, -0.05) is 75.7 Å². The molecule has 2 aromatic carbocycles. The van der Waals surface area contributed by atoms with Crippen molar-refractivity contribution in [3.63, 3.8) is 0 Å². The summed E-state index contributed by atoms with van der Waals surface area (Å²) < 4.78 is 15.1. The number of aryl methyl sites for hydroxylation is 1. The highest BCUT2D eigenvalue weighted by atomic mass is 79.9. The summed E-state index contributed by atoms with van der Waals surface area (Å²) in [6, 6.07) is 12.2. The molecule has 0 bridgehead atoms. The van der Waals surface area contributed by atoms with E-state index in [9.17, 15) is 0 Å². The minimum atomic E-state index is 0.453. The Kier molecular flexibility index (Phi) is 12.8. The number of hydrogen-bond acceptors (Lipinski definition) is 2. The third-order valence-corrected chi connectivity index (χ3v) is 8.69. The van der Waals surface area contributed by atoms with Crippen LogP contribution < -0.4 is 9.47 Å². The molecule has 0 spiro atoms. The van der Waals surface area contributed by atoms with Gasteiger partial charge in [-0.25, -0.2) is 0 Å². The van der Waals surface area contributed by atoms with Crippen molar-refractivity contribution in [1.29, 1.82) is 0 Å². The number of alkyl halides is 2. The first-order chi connectivity index (χ1) is 14.0. The van der Waals surface area contributed by atoms with Gasteiger partial charge in [0.25, 0.3) is 0 Å². The van der Waals surface area contributed by atoms with Crippen LogP contribution in [0.15, 0.2) is 49.8 Å². The maximum absolute atomic E-state index is 6.00. The lowest BCUT2D eigenvalue weighted by molar-refractivity contribution is 0.215. The summed E-state index contributed by atoms with van der Waals surface area (Å²) in [5.41, 5.74) is 1.28. The van der Waals surface area contributed by atoms with Gasteiger partial charge in [0.1, 0.15) is 24.7 Å². The average molecular weight is 721 g/mol. The number of hydrogen-bond donors (Lipinski definition) is 0. The Labute approximate surface area is 216 Å². The Balaban J connectivity index is 1.71. The smallest absolute Gasteiger partial charge is 0.134 e. The molecule has 0 heterocycles. The predicted octanol–water partition coefficient (Wildman–Crippen LogP) is 9.43. The highest BCUT2D eigenvalue weighted by Gasteiger charge is 2.09. The summed E-state index contributed by atoms with van der Waals surface area (Å²) in [7, 11) is 0. The van der Waals surface area contributed by atoms with Gasteiger partial charge in [-0.05, 0) is 90.8 Å². The summed E-state index contributed by atoms with van der Waals surface area (Å²) >= 11 is 17.6. The van der Waals surface area contributed by atoms with Crippen LogP contribution in [0, 0.1) is 0 Å². The van der Waals surface area contributed by atoms with Crippen LogP contribution in [0.2, 0.25) is 0 Å². The summed E-state index contributed by atoms with van der Waals surface area (Å²) in [6.45, 7) is 1.00. The molecule has 0 radical (unpaired) electrons. The van der Waals surface area contributed by atoms with Gasteiger partial charge >= 0.3 is 0 Å². The van der Waals surface area contributed by atoms with Crippen molar-refractivity contribution in [1.82, 2.24) is 0 Å². The second-order valence-electron chi connectivity index (χ2n) is 6.68. The van der Waals surface area contributed by atoms with Gasteiger partial charge < -0.3 is 9.47 Å². The van der Waals surface area contributed by atoms with Gasteiger partial charge in [0.2, 0.25) is 0 Å². The van der Waals surface area contributed by atoms with Gasteiger partial charge in [0.05, 0.1) is 8.21 Å². The fraction of sp³-hybridized carbons (Fsp3) is 0.455. The third kappa shape index (κ3) is 9.63. The third-order valence-electron chi connectivity index (χ3n) is 4.44. The molecule has 2 rings (SSSR count). The first-order valence-electron chi connectivity index (χ1n) is 9.74. The fourth-order valence-corrected chi connectivity index (χ4v) is 4.95.